The quantitative estimate of drug-likeness (QED) is 0.832. The average molecular weight is 295 g/mol. The maximum Gasteiger partial charge on any atom is 0.241 e. The van der Waals surface area contributed by atoms with Gasteiger partial charge in [0.1, 0.15) is 6.33 Å². The van der Waals surface area contributed by atoms with Gasteiger partial charge < -0.3 is 9.64 Å². The van der Waals surface area contributed by atoms with Gasteiger partial charge in [0, 0.05) is 25.5 Å². The largest absolute Gasteiger partial charge is 0.372 e. The lowest BCUT2D eigenvalue weighted by Crippen LogP contribution is -2.46. The second kappa shape index (κ2) is 5.34. The van der Waals surface area contributed by atoms with Crippen LogP contribution in [0.4, 0.5) is 5.95 Å². The molecule has 0 spiro atoms. The molecule has 7 nitrogen and oxygen atoms in total. The van der Waals surface area contributed by atoms with Crippen LogP contribution in [0.1, 0.15) is 13.8 Å². The summed E-state index contributed by atoms with van der Waals surface area (Å²) in [5.74, 6) is 1.03. The van der Waals surface area contributed by atoms with Gasteiger partial charge in [-0.3, -0.25) is 4.57 Å². The first-order valence-corrected chi connectivity index (χ1v) is 6.80. The Balaban J connectivity index is 1.93. The number of hydrogen-bond acceptors (Lipinski definition) is 6. The van der Waals surface area contributed by atoms with E-state index in [2.05, 4.69) is 24.8 Å². The summed E-state index contributed by atoms with van der Waals surface area (Å²) in [6, 6.07) is 0. The van der Waals surface area contributed by atoms with Gasteiger partial charge in [-0.15, -0.1) is 0 Å². The van der Waals surface area contributed by atoms with Crippen molar-refractivity contribution in [1.82, 2.24) is 24.5 Å². The van der Waals surface area contributed by atoms with Crippen LogP contribution in [0.5, 0.6) is 0 Å². The molecule has 2 aromatic rings. The van der Waals surface area contributed by atoms with Gasteiger partial charge in [0.2, 0.25) is 17.2 Å². The summed E-state index contributed by atoms with van der Waals surface area (Å²) < 4.78 is 7.41. The van der Waals surface area contributed by atoms with Crippen molar-refractivity contribution in [3.63, 3.8) is 0 Å². The molecule has 3 heterocycles. The highest BCUT2D eigenvalue weighted by Gasteiger charge is 2.25. The molecule has 1 aliphatic heterocycles. The van der Waals surface area contributed by atoms with E-state index in [1.54, 1.807) is 23.3 Å². The molecule has 2 aromatic heterocycles. The molecule has 0 saturated carbocycles. The summed E-state index contributed by atoms with van der Waals surface area (Å²) in [6.45, 7) is 5.52. The van der Waals surface area contributed by atoms with Crippen molar-refractivity contribution in [2.45, 2.75) is 26.1 Å². The summed E-state index contributed by atoms with van der Waals surface area (Å²) >= 11 is 6.01. The van der Waals surface area contributed by atoms with E-state index in [0.29, 0.717) is 11.9 Å². The maximum atomic E-state index is 6.01. The number of anilines is 1. The molecule has 2 atom stereocenters. The Hall–Kier alpha value is -1.73. The Morgan fingerprint density at radius 3 is 2.50 bits per heavy atom. The number of hydrogen-bond donors (Lipinski definition) is 0. The zero-order chi connectivity index (χ0) is 14.1. The number of halogens is 1. The fraction of sp³-hybridized carbons (Fsp3) is 0.500. The molecule has 0 aromatic carbocycles. The SMILES string of the molecule is C[C@@H]1CN(c2nc(Cl)nc(-n3ccnc3)n2)C[C@H](C)O1. The molecule has 0 aliphatic carbocycles. The second-order valence-corrected chi connectivity index (χ2v) is 5.17. The van der Waals surface area contributed by atoms with Crippen molar-refractivity contribution in [2.24, 2.45) is 0 Å². The van der Waals surface area contributed by atoms with E-state index in [9.17, 15) is 0 Å². The highest BCUT2D eigenvalue weighted by atomic mass is 35.5. The van der Waals surface area contributed by atoms with Crippen LogP contribution in [-0.4, -0.2) is 49.8 Å². The van der Waals surface area contributed by atoms with Gasteiger partial charge in [-0.05, 0) is 25.4 Å². The van der Waals surface area contributed by atoms with Crippen LogP contribution >= 0.6 is 11.6 Å². The normalized spacial score (nSPS) is 23.1. The molecule has 1 fully saturated rings. The standard InChI is InChI=1S/C12H15ClN6O/c1-8-5-19(6-9(2)20-8)12-16-10(13)15-11(17-12)18-4-3-14-7-18/h3-4,7-9H,5-6H2,1-2H3/t8-,9+. The molecule has 0 bridgehead atoms. The number of morpholine rings is 1. The summed E-state index contributed by atoms with van der Waals surface area (Å²) in [4.78, 5) is 18.8. The molecule has 106 valence electrons. The monoisotopic (exact) mass is 294 g/mol. The molecule has 1 saturated heterocycles. The Bertz CT molecular complexity index is 580. The van der Waals surface area contributed by atoms with Gasteiger partial charge in [-0.25, -0.2) is 4.98 Å². The van der Waals surface area contributed by atoms with Crippen LogP contribution in [0.2, 0.25) is 5.28 Å². The third-order valence-electron chi connectivity index (χ3n) is 3.02. The zero-order valence-electron chi connectivity index (χ0n) is 11.3. The predicted octanol–water partition coefficient (Wildman–Crippen LogP) is 1.32. The summed E-state index contributed by atoms with van der Waals surface area (Å²) in [5, 5.41) is 0.172. The van der Waals surface area contributed by atoms with Crippen molar-refractivity contribution >= 4 is 17.5 Å². The smallest absolute Gasteiger partial charge is 0.241 e. The van der Waals surface area contributed by atoms with Crippen LogP contribution in [0.25, 0.3) is 5.95 Å². The molecule has 1 aliphatic rings. The van der Waals surface area contributed by atoms with E-state index in [1.807, 2.05) is 13.8 Å². The minimum absolute atomic E-state index is 0.131. The molecule has 0 N–H and O–H groups in total. The fourth-order valence-electron chi connectivity index (χ4n) is 2.30. The highest BCUT2D eigenvalue weighted by Crippen LogP contribution is 2.18. The molecule has 8 heteroatoms. The average Bonchev–Trinajstić information content (AvgIpc) is 2.90. The molecule has 0 radical (unpaired) electrons. The summed E-state index contributed by atoms with van der Waals surface area (Å²) in [5.41, 5.74) is 0. The third-order valence-corrected chi connectivity index (χ3v) is 3.19. The Morgan fingerprint density at radius 1 is 1.15 bits per heavy atom. The number of aromatic nitrogens is 5. The molecule has 20 heavy (non-hydrogen) atoms. The number of rotatable bonds is 2. The number of ether oxygens (including phenoxy) is 1. The van der Waals surface area contributed by atoms with Crippen LogP contribution < -0.4 is 4.90 Å². The summed E-state index contributed by atoms with van der Waals surface area (Å²) in [6.07, 6.45) is 5.31. The van der Waals surface area contributed by atoms with Gasteiger partial charge in [-0.1, -0.05) is 0 Å². The molecule has 0 amide bonds. The lowest BCUT2D eigenvalue weighted by molar-refractivity contribution is -0.00573. The van der Waals surface area contributed by atoms with Crippen LogP contribution in [0.15, 0.2) is 18.7 Å². The Labute approximate surface area is 121 Å². The third kappa shape index (κ3) is 2.73. The van der Waals surface area contributed by atoms with E-state index in [4.69, 9.17) is 16.3 Å². The first-order valence-electron chi connectivity index (χ1n) is 6.42. The number of imidazole rings is 1. The Kier molecular flexibility index (Phi) is 3.54. The van der Waals surface area contributed by atoms with Crippen molar-refractivity contribution in [1.29, 1.82) is 0 Å². The predicted molar refractivity (Wildman–Crippen MR) is 74.2 cm³/mol. The minimum atomic E-state index is 0.131. The molecule has 3 rings (SSSR count). The van der Waals surface area contributed by atoms with Crippen LogP contribution in [-0.2, 0) is 4.74 Å². The van der Waals surface area contributed by atoms with Crippen molar-refractivity contribution in [2.75, 3.05) is 18.0 Å². The topological polar surface area (TPSA) is 69.0 Å². The Morgan fingerprint density at radius 2 is 1.85 bits per heavy atom. The lowest BCUT2D eigenvalue weighted by Gasteiger charge is -2.35. The number of nitrogens with zero attached hydrogens (tertiary/aromatic N) is 6. The van der Waals surface area contributed by atoms with Crippen LogP contribution in [0, 0.1) is 0 Å². The molecule has 0 unspecified atom stereocenters. The van der Waals surface area contributed by atoms with Crippen molar-refractivity contribution in [3.8, 4) is 5.95 Å². The van der Waals surface area contributed by atoms with Crippen molar-refractivity contribution in [3.05, 3.63) is 24.0 Å². The van der Waals surface area contributed by atoms with Gasteiger partial charge in [0.05, 0.1) is 12.2 Å². The molecular weight excluding hydrogens is 280 g/mol. The van der Waals surface area contributed by atoms with E-state index < -0.39 is 0 Å². The second-order valence-electron chi connectivity index (χ2n) is 4.84. The maximum absolute atomic E-state index is 6.01. The first-order chi connectivity index (χ1) is 9.61. The van der Waals surface area contributed by atoms with Gasteiger partial charge in [-0.2, -0.15) is 15.0 Å². The van der Waals surface area contributed by atoms with Gasteiger partial charge in [0.15, 0.2) is 0 Å². The van der Waals surface area contributed by atoms with E-state index in [1.165, 1.54) is 0 Å². The van der Waals surface area contributed by atoms with Gasteiger partial charge in [0.25, 0.3) is 0 Å². The van der Waals surface area contributed by atoms with Gasteiger partial charge >= 0.3 is 0 Å². The minimum Gasteiger partial charge on any atom is -0.372 e. The highest BCUT2D eigenvalue weighted by molar-refractivity contribution is 6.28. The lowest BCUT2D eigenvalue weighted by atomic mass is 10.2. The fourth-order valence-corrected chi connectivity index (χ4v) is 2.46. The first kappa shape index (κ1) is 13.3. The molecular formula is C12H15ClN6O. The zero-order valence-corrected chi connectivity index (χ0v) is 12.0. The van der Waals surface area contributed by atoms with E-state index in [-0.39, 0.29) is 17.5 Å². The van der Waals surface area contributed by atoms with Crippen molar-refractivity contribution < 1.29 is 4.74 Å². The van der Waals surface area contributed by atoms with E-state index in [0.717, 1.165) is 13.1 Å². The van der Waals surface area contributed by atoms with Crippen LogP contribution in [0.3, 0.4) is 0 Å². The summed E-state index contributed by atoms with van der Waals surface area (Å²) in [7, 11) is 0. The van der Waals surface area contributed by atoms with E-state index >= 15 is 0 Å².